The van der Waals surface area contributed by atoms with Crippen molar-refractivity contribution < 1.29 is 27.9 Å². The third-order valence-electron chi connectivity index (χ3n) is 8.01. The standard InChI is InChI=1S/C32H38N6O6S/c1-21-16-38(22(2)19-39)31(40)15-24-14-25(34-32(41)35-27-11-7-9-23-8-5-6-10-26(23)27)12-13-28(24)44-29(21)17-37(4)45(42,43)30-18-36(3)20-33-30/h5-14,18,20-22,29,39H,15-17,19H2,1-4H3,(H2,34,35,41)/t21-,22-,29+/m0/s1. The van der Waals surface area contributed by atoms with Gasteiger partial charge in [0.2, 0.25) is 5.91 Å². The van der Waals surface area contributed by atoms with Gasteiger partial charge in [-0.2, -0.15) is 4.31 Å². The van der Waals surface area contributed by atoms with Crippen molar-refractivity contribution in [3.63, 3.8) is 0 Å². The number of carbonyl (C=O) groups is 2. The van der Waals surface area contributed by atoms with Crippen LogP contribution in [0.1, 0.15) is 19.4 Å². The number of anilines is 2. The zero-order valence-electron chi connectivity index (χ0n) is 25.7. The molecule has 2 heterocycles. The number of likely N-dealkylation sites (N-methyl/N-ethyl adjacent to an activating group) is 1. The molecule has 3 atom stereocenters. The molecule has 1 aliphatic heterocycles. The first-order chi connectivity index (χ1) is 21.5. The number of aliphatic hydroxyl groups is 1. The van der Waals surface area contributed by atoms with E-state index in [0.717, 1.165) is 10.8 Å². The fourth-order valence-electron chi connectivity index (χ4n) is 5.38. The number of sulfonamides is 1. The van der Waals surface area contributed by atoms with Gasteiger partial charge in [0.25, 0.3) is 10.0 Å². The summed E-state index contributed by atoms with van der Waals surface area (Å²) in [7, 11) is -0.749. The van der Waals surface area contributed by atoms with Crippen LogP contribution in [0.4, 0.5) is 16.2 Å². The average molecular weight is 635 g/mol. The third-order valence-corrected chi connectivity index (χ3v) is 9.71. The number of rotatable bonds is 8. The molecule has 0 fully saturated rings. The van der Waals surface area contributed by atoms with Gasteiger partial charge in [0.15, 0.2) is 5.03 Å². The summed E-state index contributed by atoms with van der Waals surface area (Å²) in [5.41, 5.74) is 1.62. The highest BCUT2D eigenvalue weighted by Crippen LogP contribution is 2.30. The van der Waals surface area contributed by atoms with Gasteiger partial charge in [-0.3, -0.25) is 4.79 Å². The quantitative estimate of drug-likeness (QED) is 0.268. The van der Waals surface area contributed by atoms with Gasteiger partial charge in [0.1, 0.15) is 11.9 Å². The molecule has 13 heteroatoms. The van der Waals surface area contributed by atoms with Crippen molar-refractivity contribution in [2.45, 2.75) is 37.4 Å². The molecule has 0 radical (unpaired) electrons. The lowest BCUT2D eigenvalue weighted by Crippen LogP contribution is -2.48. The van der Waals surface area contributed by atoms with E-state index in [-0.39, 0.29) is 43.0 Å². The van der Waals surface area contributed by atoms with E-state index in [1.807, 2.05) is 49.4 Å². The summed E-state index contributed by atoms with van der Waals surface area (Å²) in [5, 5.41) is 17.5. The number of hydrogen-bond acceptors (Lipinski definition) is 7. The molecule has 0 unspecified atom stereocenters. The number of aromatic nitrogens is 2. The van der Waals surface area contributed by atoms with Crippen LogP contribution in [0.25, 0.3) is 10.8 Å². The Morgan fingerprint density at radius 2 is 1.91 bits per heavy atom. The lowest BCUT2D eigenvalue weighted by molar-refractivity contribution is -0.134. The molecule has 4 aromatic rings. The van der Waals surface area contributed by atoms with E-state index < -0.39 is 28.2 Å². The third kappa shape index (κ3) is 7.11. The number of urea groups is 1. The number of benzene rings is 3. The van der Waals surface area contributed by atoms with E-state index in [0.29, 0.717) is 22.7 Å². The minimum atomic E-state index is -3.91. The Bertz CT molecular complexity index is 1800. The Labute approximate surface area is 262 Å². The molecule has 3 N–H and O–H groups in total. The Morgan fingerprint density at radius 1 is 1.16 bits per heavy atom. The molecule has 12 nitrogen and oxygen atoms in total. The van der Waals surface area contributed by atoms with Crippen molar-refractivity contribution in [3.05, 3.63) is 78.8 Å². The van der Waals surface area contributed by atoms with Gasteiger partial charge in [0, 0.05) is 49.4 Å². The second kappa shape index (κ2) is 13.3. The van der Waals surface area contributed by atoms with Crippen LogP contribution in [0.15, 0.2) is 78.2 Å². The van der Waals surface area contributed by atoms with Crippen molar-refractivity contribution in [1.29, 1.82) is 0 Å². The van der Waals surface area contributed by atoms with Crippen LogP contribution in [0.2, 0.25) is 0 Å². The van der Waals surface area contributed by atoms with Crippen LogP contribution in [0.5, 0.6) is 5.75 Å². The van der Waals surface area contributed by atoms with E-state index in [4.69, 9.17) is 4.74 Å². The number of aliphatic hydroxyl groups excluding tert-OH is 1. The first-order valence-electron chi connectivity index (χ1n) is 14.7. The lowest BCUT2D eigenvalue weighted by Gasteiger charge is -2.33. The van der Waals surface area contributed by atoms with Crippen molar-refractivity contribution in [1.82, 2.24) is 18.8 Å². The van der Waals surface area contributed by atoms with Crippen molar-refractivity contribution in [2.75, 3.05) is 37.4 Å². The average Bonchev–Trinajstić information content (AvgIpc) is 3.48. The topological polar surface area (TPSA) is 146 Å². The van der Waals surface area contributed by atoms with Crippen LogP contribution in [0, 0.1) is 5.92 Å². The van der Waals surface area contributed by atoms with Crippen LogP contribution >= 0.6 is 0 Å². The van der Waals surface area contributed by atoms with Gasteiger partial charge in [0.05, 0.1) is 37.6 Å². The van der Waals surface area contributed by atoms with Gasteiger partial charge in [-0.05, 0) is 36.6 Å². The monoisotopic (exact) mass is 634 g/mol. The highest BCUT2D eigenvalue weighted by Gasteiger charge is 2.34. The summed E-state index contributed by atoms with van der Waals surface area (Å²) in [6.07, 6.45) is 2.16. The maximum absolute atomic E-state index is 13.5. The number of fused-ring (bicyclic) bond motifs is 2. The number of imidazole rings is 1. The molecule has 0 saturated carbocycles. The number of carbonyl (C=O) groups excluding carboxylic acids is 2. The molecule has 0 saturated heterocycles. The van der Waals surface area contributed by atoms with E-state index in [1.165, 1.54) is 23.9 Å². The summed E-state index contributed by atoms with van der Waals surface area (Å²) < 4.78 is 35.7. The van der Waals surface area contributed by atoms with Crippen molar-refractivity contribution in [2.24, 2.45) is 13.0 Å². The minimum Gasteiger partial charge on any atom is -0.488 e. The summed E-state index contributed by atoms with van der Waals surface area (Å²) in [4.78, 5) is 32.2. The normalized spacial score (nSPS) is 18.0. The van der Waals surface area contributed by atoms with E-state index in [1.54, 1.807) is 41.6 Å². The van der Waals surface area contributed by atoms with Gasteiger partial charge in [-0.1, -0.05) is 43.3 Å². The van der Waals surface area contributed by atoms with E-state index >= 15 is 0 Å². The zero-order chi connectivity index (χ0) is 32.3. The molecule has 0 aliphatic carbocycles. The predicted molar refractivity (Wildman–Crippen MR) is 172 cm³/mol. The number of hydrogen-bond donors (Lipinski definition) is 3. The molecule has 5 rings (SSSR count). The number of nitrogens with one attached hydrogen (secondary N) is 2. The fraction of sp³-hybridized carbons (Fsp3) is 0.344. The molecule has 0 bridgehead atoms. The number of amides is 3. The van der Waals surface area contributed by atoms with Gasteiger partial charge >= 0.3 is 6.03 Å². The molecule has 3 amide bonds. The van der Waals surface area contributed by atoms with Crippen molar-refractivity contribution in [3.8, 4) is 5.75 Å². The number of aryl methyl sites for hydroxylation is 1. The second-order valence-electron chi connectivity index (χ2n) is 11.5. The second-order valence-corrected chi connectivity index (χ2v) is 13.5. The fourth-order valence-corrected chi connectivity index (χ4v) is 6.52. The lowest BCUT2D eigenvalue weighted by atomic mass is 10.0. The predicted octanol–water partition coefficient (Wildman–Crippen LogP) is 3.69. The Balaban J connectivity index is 1.41. The van der Waals surface area contributed by atoms with E-state index in [2.05, 4.69) is 15.6 Å². The molecule has 3 aromatic carbocycles. The van der Waals surface area contributed by atoms with Crippen LogP contribution in [-0.2, 0) is 28.3 Å². The smallest absolute Gasteiger partial charge is 0.323 e. The molecular weight excluding hydrogens is 596 g/mol. The molecule has 1 aliphatic rings. The molecule has 1 aromatic heterocycles. The Morgan fingerprint density at radius 3 is 2.64 bits per heavy atom. The molecule has 0 spiro atoms. The van der Waals surface area contributed by atoms with Crippen LogP contribution < -0.4 is 15.4 Å². The molecule has 45 heavy (non-hydrogen) atoms. The van der Waals surface area contributed by atoms with Gasteiger partial charge < -0.3 is 29.9 Å². The maximum Gasteiger partial charge on any atom is 0.323 e. The Hall–Kier alpha value is -4.46. The maximum atomic E-state index is 13.5. The first-order valence-corrected chi connectivity index (χ1v) is 16.1. The van der Waals surface area contributed by atoms with E-state index in [9.17, 15) is 23.1 Å². The highest BCUT2D eigenvalue weighted by atomic mass is 32.2. The summed E-state index contributed by atoms with van der Waals surface area (Å²) >= 11 is 0. The summed E-state index contributed by atoms with van der Waals surface area (Å²) in [5.74, 6) is -0.123. The first kappa shape index (κ1) is 31.9. The molecule has 238 valence electrons. The summed E-state index contributed by atoms with van der Waals surface area (Å²) in [6, 6.07) is 17.5. The van der Waals surface area contributed by atoms with Crippen LogP contribution in [-0.4, -0.2) is 83.1 Å². The largest absolute Gasteiger partial charge is 0.488 e. The minimum absolute atomic E-state index is 0.0114. The zero-order valence-corrected chi connectivity index (χ0v) is 26.5. The van der Waals surface area contributed by atoms with Gasteiger partial charge in [-0.25, -0.2) is 18.2 Å². The molecular formula is C32H38N6O6S. The number of nitrogens with zero attached hydrogens (tertiary/aromatic N) is 4. The van der Waals surface area contributed by atoms with Crippen molar-refractivity contribution >= 4 is 44.1 Å². The SMILES string of the molecule is C[C@H]1CN([C@@H](C)CO)C(=O)Cc2cc(NC(=O)Nc3cccc4ccccc34)ccc2O[C@@H]1CN(C)S(=O)(=O)c1cn(C)cn1. The summed E-state index contributed by atoms with van der Waals surface area (Å²) in [6.45, 7) is 3.64. The van der Waals surface area contributed by atoms with Gasteiger partial charge in [-0.15, -0.1) is 0 Å². The van der Waals surface area contributed by atoms with Crippen LogP contribution in [0.3, 0.4) is 0 Å². The number of ether oxygens (including phenoxy) is 1. The highest BCUT2D eigenvalue weighted by molar-refractivity contribution is 7.89. The Kier molecular flexibility index (Phi) is 9.42.